The Labute approximate surface area is 123 Å². The van der Waals surface area contributed by atoms with E-state index in [4.69, 9.17) is 0 Å². The van der Waals surface area contributed by atoms with Gasteiger partial charge in [-0.3, -0.25) is 0 Å². The lowest BCUT2D eigenvalue weighted by Gasteiger charge is -2.26. The SMILES string of the molecule is O[C@H]1CC[C@H](Nc2ncc3ccc(C4CC4)nc3n2)CC1. The van der Waals surface area contributed by atoms with Crippen molar-refractivity contribution >= 4 is 17.0 Å². The molecule has 4 rings (SSSR count). The third-order valence-electron chi connectivity index (χ3n) is 4.49. The van der Waals surface area contributed by atoms with Crippen molar-refractivity contribution in [1.29, 1.82) is 0 Å². The molecule has 2 aromatic rings. The number of aromatic nitrogens is 3. The second-order valence-electron chi connectivity index (χ2n) is 6.27. The number of pyridine rings is 1. The summed E-state index contributed by atoms with van der Waals surface area (Å²) in [6.45, 7) is 0. The Kier molecular flexibility index (Phi) is 3.22. The summed E-state index contributed by atoms with van der Waals surface area (Å²) >= 11 is 0. The zero-order valence-corrected chi connectivity index (χ0v) is 12.0. The van der Waals surface area contributed by atoms with Crippen LogP contribution in [0.25, 0.3) is 11.0 Å². The Balaban J connectivity index is 1.54. The quantitative estimate of drug-likeness (QED) is 0.906. The van der Waals surface area contributed by atoms with Crippen LogP contribution in [0.1, 0.15) is 50.1 Å². The summed E-state index contributed by atoms with van der Waals surface area (Å²) in [5, 5.41) is 13.9. The van der Waals surface area contributed by atoms with Gasteiger partial charge in [-0.05, 0) is 50.7 Å². The van der Waals surface area contributed by atoms with Gasteiger partial charge in [-0.25, -0.2) is 9.97 Å². The summed E-state index contributed by atoms with van der Waals surface area (Å²) in [5.74, 6) is 1.30. The minimum Gasteiger partial charge on any atom is -0.393 e. The molecule has 2 aliphatic carbocycles. The molecule has 2 fully saturated rings. The molecule has 5 heteroatoms. The summed E-state index contributed by atoms with van der Waals surface area (Å²) in [6.07, 6.45) is 7.86. The lowest BCUT2D eigenvalue weighted by Crippen LogP contribution is -2.28. The zero-order chi connectivity index (χ0) is 14.2. The van der Waals surface area contributed by atoms with Crippen LogP contribution in [0.5, 0.6) is 0 Å². The average Bonchev–Trinajstić information content (AvgIpc) is 3.34. The van der Waals surface area contributed by atoms with Crippen molar-refractivity contribution in [2.75, 3.05) is 5.32 Å². The van der Waals surface area contributed by atoms with Gasteiger partial charge in [0.2, 0.25) is 5.95 Å². The van der Waals surface area contributed by atoms with Crippen LogP contribution in [0.2, 0.25) is 0 Å². The van der Waals surface area contributed by atoms with E-state index in [1.54, 1.807) is 0 Å². The van der Waals surface area contributed by atoms with Gasteiger partial charge in [-0.15, -0.1) is 0 Å². The minimum atomic E-state index is -0.136. The van der Waals surface area contributed by atoms with Crippen LogP contribution in [-0.2, 0) is 0 Å². The number of nitrogens with zero attached hydrogens (tertiary/aromatic N) is 3. The molecule has 0 aliphatic heterocycles. The topological polar surface area (TPSA) is 70.9 Å². The largest absolute Gasteiger partial charge is 0.393 e. The minimum absolute atomic E-state index is 0.136. The van der Waals surface area contributed by atoms with Crippen molar-refractivity contribution in [2.24, 2.45) is 0 Å². The van der Waals surface area contributed by atoms with Crippen LogP contribution in [0.3, 0.4) is 0 Å². The van der Waals surface area contributed by atoms with Crippen LogP contribution in [0.15, 0.2) is 18.3 Å². The molecule has 2 heterocycles. The molecule has 2 aromatic heterocycles. The summed E-state index contributed by atoms with van der Waals surface area (Å²) in [4.78, 5) is 13.6. The van der Waals surface area contributed by atoms with Crippen molar-refractivity contribution in [3.8, 4) is 0 Å². The lowest BCUT2D eigenvalue weighted by atomic mass is 9.93. The maximum Gasteiger partial charge on any atom is 0.224 e. The second-order valence-corrected chi connectivity index (χ2v) is 6.27. The first-order valence-electron chi connectivity index (χ1n) is 7.86. The van der Waals surface area contributed by atoms with Crippen LogP contribution < -0.4 is 5.32 Å². The normalized spacial score (nSPS) is 26.0. The molecule has 0 spiro atoms. The molecule has 110 valence electrons. The molecule has 2 N–H and O–H groups in total. The van der Waals surface area contributed by atoms with E-state index in [0.29, 0.717) is 17.9 Å². The number of anilines is 1. The molecule has 2 saturated carbocycles. The van der Waals surface area contributed by atoms with Gasteiger partial charge >= 0.3 is 0 Å². The molecule has 0 amide bonds. The molecule has 0 radical (unpaired) electrons. The fourth-order valence-electron chi connectivity index (χ4n) is 3.00. The van der Waals surface area contributed by atoms with Crippen molar-refractivity contribution in [1.82, 2.24) is 15.0 Å². The van der Waals surface area contributed by atoms with E-state index in [-0.39, 0.29) is 6.10 Å². The molecule has 5 nitrogen and oxygen atoms in total. The van der Waals surface area contributed by atoms with Gasteiger partial charge in [0.05, 0.1) is 6.10 Å². The predicted molar refractivity (Wildman–Crippen MR) is 81.2 cm³/mol. The van der Waals surface area contributed by atoms with E-state index in [1.807, 2.05) is 6.20 Å². The van der Waals surface area contributed by atoms with Gasteiger partial charge in [-0.2, -0.15) is 4.98 Å². The molecule has 0 atom stereocenters. The maximum absolute atomic E-state index is 9.55. The van der Waals surface area contributed by atoms with E-state index < -0.39 is 0 Å². The molecule has 2 aliphatic rings. The second kappa shape index (κ2) is 5.22. The number of aliphatic hydroxyl groups is 1. The third-order valence-corrected chi connectivity index (χ3v) is 4.49. The highest BCUT2D eigenvalue weighted by molar-refractivity contribution is 5.74. The number of hydrogen-bond donors (Lipinski definition) is 2. The number of hydrogen-bond acceptors (Lipinski definition) is 5. The highest BCUT2D eigenvalue weighted by Gasteiger charge is 2.25. The molecular formula is C16H20N4O. The first-order valence-corrected chi connectivity index (χ1v) is 7.86. The third kappa shape index (κ3) is 2.83. The zero-order valence-electron chi connectivity index (χ0n) is 12.0. The molecule has 0 aromatic carbocycles. The summed E-state index contributed by atoms with van der Waals surface area (Å²) in [7, 11) is 0. The molecule has 0 unspecified atom stereocenters. The fourth-order valence-corrected chi connectivity index (χ4v) is 3.00. The monoisotopic (exact) mass is 284 g/mol. The first kappa shape index (κ1) is 13.0. The number of rotatable bonds is 3. The van der Waals surface area contributed by atoms with E-state index in [9.17, 15) is 5.11 Å². The van der Waals surface area contributed by atoms with Crippen molar-refractivity contribution in [3.63, 3.8) is 0 Å². The number of fused-ring (bicyclic) bond motifs is 1. The highest BCUT2D eigenvalue weighted by Crippen LogP contribution is 2.39. The highest BCUT2D eigenvalue weighted by atomic mass is 16.3. The smallest absolute Gasteiger partial charge is 0.224 e. The fraction of sp³-hybridized carbons (Fsp3) is 0.562. The van der Waals surface area contributed by atoms with Gasteiger partial charge < -0.3 is 10.4 Å². The van der Waals surface area contributed by atoms with E-state index in [1.165, 1.54) is 12.8 Å². The Morgan fingerprint density at radius 1 is 1.00 bits per heavy atom. The molecule has 0 saturated heterocycles. The van der Waals surface area contributed by atoms with Gasteiger partial charge in [0.15, 0.2) is 5.65 Å². The van der Waals surface area contributed by atoms with Gasteiger partial charge in [0, 0.05) is 29.2 Å². The molecule has 21 heavy (non-hydrogen) atoms. The number of aliphatic hydroxyl groups excluding tert-OH is 1. The lowest BCUT2D eigenvalue weighted by molar-refractivity contribution is 0.126. The van der Waals surface area contributed by atoms with Gasteiger partial charge in [0.1, 0.15) is 0 Å². The van der Waals surface area contributed by atoms with E-state index in [2.05, 4.69) is 32.4 Å². The van der Waals surface area contributed by atoms with Gasteiger partial charge in [-0.1, -0.05) is 0 Å². The standard InChI is InChI=1S/C16H20N4O/c21-13-6-4-12(5-7-13)18-16-17-9-11-3-8-14(10-1-2-10)19-15(11)20-16/h3,8-10,12-13,21H,1-2,4-7H2,(H,17,18,19,20)/t12-,13-. The van der Waals surface area contributed by atoms with Crippen LogP contribution in [-0.4, -0.2) is 32.2 Å². The van der Waals surface area contributed by atoms with Crippen LogP contribution in [0, 0.1) is 0 Å². The van der Waals surface area contributed by atoms with Crippen LogP contribution >= 0.6 is 0 Å². The van der Waals surface area contributed by atoms with E-state index >= 15 is 0 Å². The van der Waals surface area contributed by atoms with Gasteiger partial charge in [0.25, 0.3) is 0 Å². The summed E-state index contributed by atoms with van der Waals surface area (Å²) < 4.78 is 0. The average molecular weight is 284 g/mol. The van der Waals surface area contributed by atoms with E-state index in [0.717, 1.165) is 42.4 Å². The van der Waals surface area contributed by atoms with Crippen LogP contribution in [0.4, 0.5) is 5.95 Å². The maximum atomic E-state index is 9.55. The Morgan fingerprint density at radius 3 is 2.57 bits per heavy atom. The Morgan fingerprint density at radius 2 is 1.81 bits per heavy atom. The Bertz CT molecular complexity index is 648. The summed E-state index contributed by atoms with van der Waals surface area (Å²) in [5.41, 5.74) is 1.95. The summed E-state index contributed by atoms with van der Waals surface area (Å²) in [6, 6.07) is 4.52. The molecular weight excluding hydrogens is 264 g/mol. The number of nitrogens with one attached hydrogen (secondary N) is 1. The van der Waals surface area contributed by atoms with Crippen molar-refractivity contribution < 1.29 is 5.11 Å². The Hall–Kier alpha value is -1.75. The van der Waals surface area contributed by atoms with Crippen molar-refractivity contribution in [3.05, 3.63) is 24.0 Å². The first-order chi connectivity index (χ1) is 10.3. The van der Waals surface area contributed by atoms with Crippen molar-refractivity contribution in [2.45, 2.75) is 56.6 Å². The predicted octanol–water partition coefficient (Wildman–Crippen LogP) is 2.62. The molecule has 0 bridgehead atoms.